The molecule has 230 valence electrons. The highest BCUT2D eigenvalue weighted by atomic mass is 32.1. The fourth-order valence-corrected chi connectivity index (χ4v) is 6.18. The van der Waals surface area contributed by atoms with Crippen LogP contribution in [-0.2, 0) is 11.2 Å². The van der Waals surface area contributed by atoms with E-state index in [1.54, 1.807) is 12.1 Å². The number of fused-ring (bicyclic) bond motifs is 2. The van der Waals surface area contributed by atoms with Crippen LogP contribution in [0.4, 0.5) is 11.4 Å². The standard InChI is InChI=1S/C28H34N4OS.C8H8O2/c1-19(2)33-24-11-7-21(8-12-24)30-28(34)31-22-9-13-27-25(17-22)26(18-29-27)20-6-10-23-5-3-4-15-32(23)16-14-20;9-8(10)6-7-4-2-1-3-5-7/h7-9,11-14,17-19,23,29H,3-6,10,15-16H2,1-2H3,(H2,30,31,34);1-5H,6H2,(H,9,10). The molecule has 0 saturated carbocycles. The van der Waals surface area contributed by atoms with Crippen molar-refractivity contribution < 1.29 is 14.6 Å². The number of piperidine rings is 1. The summed E-state index contributed by atoms with van der Waals surface area (Å²) < 4.78 is 5.71. The van der Waals surface area contributed by atoms with Crippen LogP contribution in [-0.4, -0.2) is 51.3 Å². The maximum Gasteiger partial charge on any atom is 0.307 e. The minimum absolute atomic E-state index is 0.112. The van der Waals surface area contributed by atoms with Crippen molar-refractivity contribution in [1.29, 1.82) is 0 Å². The molecule has 1 saturated heterocycles. The van der Waals surface area contributed by atoms with E-state index >= 15 is 0 Å². The third-order valence-corrected chi connectivity index (χ3v) is 8.24. The molecule has 3 aromatic carbocycles. The van der Waals surface area contributed by atoms with Crippen LogP contribution in [0.15, 0.2) is 85.1 Å². The normalized spacial score (nSPS) is 16.6. The Morgan fingerprint density at radius 1 is 1.02 bits per heavy atom. The molecule has 6 rings (SSSR count). The van der Waals surface area contributed by atoms with Gasteiger partial charge in [-0.3, -0.25) is 9.69 Å². The third-order valence-electron chi connectivity index (χ3n) is 8.04. The molecule has 1 unspecified atom stereocenters. The monoisotopic (exact) mass is 610 g/mol. The average Bonchev–Trinajstić information content (AvgIpc) is 3.30. The van der Waals surface area contributed by atoms with Gasteiger partial charge in [0.05, 0.1) is 12.5 Å². The summed E-state index contributed by atoms with van der Waals surface area (Å²) in [4.78, 5) is 16.3. The smallest absolute Gasteiger partial charge is 0.307 e. The summed E-state index contributed by atoms with van der Waals surface area (Å²) in [5.74, 6) is 0.0694. The Labute approximate surface area is 265 Å². The Hall–Kier alpha value is -4.14. The highest BCUT2D eigenvalue weighted by Gasteiger charge is 2.24. The van der Waals surface area contributed by atoms with Crippen molar-refractivity contribution in [2.45, 2.75) is 64.5 Å². The van der Waals surface area contributed by atoms with Crippen molar-refractivity contribution in [2.24, 2.45) is 0 Å². The van der Waals surface area contributed by atoms with Crippen molar-refractivity contribution in [1.82, 2.24) is 9.88 Å². The molecular formula is C36H42N4O3S. The summed E-state index contributed by atoms with van der Waals surface area (Å²) in [6.07, 6.45) is 11.4. The van der Waals surface area contributed by atoms with Gasteiger partial charge in [0.25, 0.3) is 0 Å². The van der Waals surface area contributed by atoms with E-state index < -0.39 is 5.97 Å². The van der Waals surface area contributed by atoms with Crippen LogP contribution >= 0.6 is 12.2 Å². The lowest BCUT2D eigenvalue weighted by Gasteiger charge is -2.33. The number of benzene rings is 3. The number of nitrogens with one attached hydrogen (secondary N) is 3. The number of nitrogens with zero attached hydrogens (tertiary/aromatic N) is 1. The molecule has 7 nitrogen and oxygen atoms in total. The molecule has 0 radical (unpaired) electrons. The fourth-order valence-electron chi connectivity index (χ4n) is 5.94. The van der Waals surface area contributed by atoms with Gasteiger partial charge < -0.3 is 25.5 Å². The molecule has 2 aliphatic rings. The lowest BCUT2D eigenvalue weighted by Crippen LogP contribution is -2.38. The molecule has 0 amide bonds. The van der Waals surface area contributed by atoms with Gasteiger partial charge in [0.1, 0.15) is 5.75 Å². The summed E-state index contributed by atoms with van der Waals surface area (Å²) >= 11 is 5.58. The first-order valence-corrected chi connectivity index (χ1v) is 15.9. The van der Waals surface area contributed by atoms with E-state index in [4.69, 9.17) is 22.1 Å². The molecule has 3 heterocycles. The molecule has 44 heavy (non-hydrogen) atoms. The molecule has 1 fully saturated rings. The molecule has 1 atom stereocenters. The highest BCUT2D eigenvalue weighted by molar-refractivity contribution is 7.80. The Morgan fingerprint density at radius 2 is 1.77 bits per heavy atom. The number of ether oxygens (including phenoxy) is 1. The van der Waals surface area contributed by atoms with Crippen molar-refractivity contribution in [3.05, 3.63) is 96.2 Å². The Balaban J connectivity index is 0.000000328. The van der Waals surface area contributed by atoms with Crippen LogP contribution in [0.5, 0.6) is 5.75 Å². The number of hydrogen-bond acceptors (Lipinski definition) is 4. The molecule has 1 aromatic heterocycles. The van der Waals surface area contributed by atoms with Crippen LogP contribution in [0.2, 0.25) is 0 Å². The fraction of sp³-hybridized carbons (Fsp3) is 0.333. The maximum atomic E-state index is 10.2. The second kappa shape index (κ2) is 15.0. The van der Waals surface area contributed by atoms with Crippen LogP contribution in [0, 0.1) is 0 Å². The first-order valence-electron chi connectivity index (χ1n) is 15.5. The van der Waals surface area contributed by atoms with E-state index in [9.17, 15) is 4.79 Å². The quantitative estimate of drug-likeness (QED) is 0.157. The number of aromatic nitrogens is 1. The Morgan fingerprint density at radius 3 is 2.52 bits per heavy atom. The zero-order valence-electron chi connectivity index (χ0n) is 25.5. The van der Waals surface area contributed by atoms with E-state index in [1.807, 2.05) is 56.3 Å². The van der Waals surface area contributed by atoms with Crippen molar-refractivity contribution >= 4 is 51.2 Å². The van der Waals surface area contributed by atoms with E-state index in [1.165, 1.54) is 48.8 Å². The van der Waals surface area contributed by atoms with Gasteiger partial charge in [-0.15, -0.1) is 0 Å². The number of rotatable bonds is 7. The number of aromatic amines is 1. The summed E-state index contributed by atoms with van der Waals surface area (Å²) in [7, 11) is 0. The minimum atomic E-state index is -0.786. The highest BCUT2D eigenvalue weighted by Crippen LogP contribution is 2.34. The lowest BCUT2D eigenvalue weighted by molar-refractivity contribution is -0.136. The van der Waals surface area contributed by atoms with Gasteiger partial charge in [-0.05, 0) is 112 Å². The lowest BCUT2D eigenvalue weighted by atomic mass is 9.95. The van der Waals surface area contributed by atoms with Crippen LogP contribution in [0.3, 0.4) is 0 Å². The number of aliphatic carboxylic acids is 1. The van der Waals surface area contributed by atoms with E-state index in [0.717, 1.165) is 47.2 Å². The number of H-pyrrole nitrogens is 1. The van der Waals surface area contributed by atoms with Crippen LogP contribution in [0.25, 0.3) is 16.5 Å². The summed E-state index contributed by atoms with van der Waals surface area (Å²) in [6.45, 7) is 6.36. The molecule has 0 bridgehead atoms. The zero-order valence-corrected chi connectivity index (χ0v) is 26.3. The van der Waals surface area contributed by atoms with Gasteiger partial charge in [0.15, 0.2) is 5.11 Å². The average molecular weight is 611 g/mol. The second-order valence-electron chi connectivity index (χ2n) is 11.7. The zero-order chi connectivity index (χ0) is 30.9. The first kappa shape index (κ1) is 31.3. The SMILES string of the molecule is CC(C)Oc1ccc(NC(=S)Nc2ccc3[nH]cc(C4=CCN5CCCCC5CC4)c3c2)cc1.O=C(O)Cc1ccccc1. The summed E-state index contributed by atoms with van der Waals surface area (Å²) in [5, 5.41) is 16.8. The van der Waals surface area contributed by atoms with Crippen LogP contribution < -0.4 is 15.4 Å². The number of carboxylic acids is 1. The first-order chi connectivity index (χ1) is 21.3. The predicted octanol–water partition coefficient (Wildman–Crippen LogP) is 8.11. The van der Waals surface area contributed by atoms with Crippen molar-refractivity contribution in [3.63, 3.8) is 0 Å². The van der Waals surface area contributed by atoms with Gasteiger partial charge in [-0.25, -0.2) is 0 Å². The number of thiocarbonyl (C=S) groups is 1. The van der Waals surface area contributed by atoms with Crippen molar-refractivity contribution in [2.75, 3.05) is 23.7 Å². The molecule has 0 spiro atoms. The molecular weight excluding hydrogens is 568 g/mol. The molecule has 4 N–H and O–H groups in total. The predicted molar refractivity (Wildman–Crippen MR) is 185 cm³/mol. The summed E-state index contributed by atoms with van der Waals surface area (Å²) in [5.41, 5.74) is 6.69. The maximum absolute atomic E-state index is 10.2. The van der Waals surface area contributed by atoms with E-state index in [2.05, 4.69) is 51.0 Å². The minimum Gasteiger partial charge on any atom is -0.491 e. The van der Waals surface area contributed by atoms with Gasteiger partial charge in [-0.2, -0.15) is 0 Å². The van der Waals surface area contributed by atoms with Gasteiger partial charge >= 0.3 is 5.97 Å². The number of allylic oxidation sites excluding steroid dienone is 1. The number of hydrogen-bond donors (Lipinski definition) is 4. The molecule has 0 aliphatic carbocycles. The van der Waals surface area contributed by atoms with Gasteiger partial charge in [0.2, 0.25) is 0 Å². The van der Waals surface area contributed by atoms with E-state index in [0.29, 0.717) is 5.11 Å². The summed E-state index contributed by atoms with van der Waals surface area (Å²) in [6, 6.07) is 24.1. The third kappa shape index (κ3) is 8.71. The van der Waals surface area contributed by atoms with Crippen molar-refractivity contribution in [3.8, 4) is 5.75 Å². The van der Waals surface area contributed by atoms with Crippen LogP contribution in [0.1, 0.15) is 57.1 Å². The van der Waals surface area contributed by atoms with Gasteiger partial charge in [-0.1, -0.05) is 42.8 Å². The Bertz CT molecular complexity index is 1580. The number of anilines is 2. The van der Waals surface area contributed by atoms with Gasteiger partial charge in [0, 0.05) is 46.6 Å². The number of carbonyl (C=O) groups is 1. The van der Waals surface area contributed by atoms with E-state index in [-0.39, 0.29) is 12.5 Å². The molecule has 8 heteroatoms. The molecule has 4 aromatic rings. The topological polar surface area (TPSA) is 89.6 Å². The number of carboxylic acid groups (broad SMARTS) is 1. The second-order valence-corrected chi connectivity index (χ2v) is 12.1. The molecule has 2 aliphatic heterocycles. The Kier molecular flexibility index (Phi) is 10.7. The largest absolute Gasteiger partial charge is 0.491 e.